The topological polar surface area (TPSA) is 49.9 Å². The summed E-state index contributed by atoms with van der Waals surface area (Å²) < 4.78 is 12.7. The van der Waals surface area contributed by atoms with Crippen LogP contribution in [0.2, 0.25) is 0 Å². The van der Waals surface area contributed by atoms with Crippen LogP contribution < -0.4 is 5.73 Å². The molecule has 0 amide bonds. The molecule has 0 unspecified atom stereocenters. The first kappa shape index (κ1) is 10.3. The molecule has 0 heterocycles. The van der Waals surface area contributed by atoms with Crippen molar-refractivity contribution in [1.29, 1.82) is 5.41 Å². The van der Waals surface area contributed by atoms with E-state index in [0.29, 0.717) is 12.1 Å². The van der Waals surface area contributed by atoms with E-state index in [2.05, 4.69) is 11.5 Å². The maximum Gasteiger partial charge on any atom is 0.173 e. The van der Waals surface area contributed by atoms with Crippen molar-refractivity contribution in [3.8, 4) is 0 Å². The van der Waals surface area contributed by atoms with E-state index >= 15 is 0 Å². The minimum Gasteiger partial charge on any atom is -0.402 e. The summed E-state index contributed by atoms with van der Waals surface area (Å²) in [6.07, 6.45) is 4.48. The lowest BCUT2D eigenvalue weighted by Crippen LogP contribution is -2.00. The maximum atomic E-state index is 12.7. The minimum absolute atomic E-state index is 0.416. The summed E-state index contributed by atoms with van der Waals surface area (Å²) in [6.45, 7) is 1.79. The van der Waals surface area contributed by atoms with Crippen molar-refractivity contribution >= 4 is 6.21 Å². The van der Waals surface area contributed by atoms with E-state index in [-0.39, 0.29) is 0 Å². The lowest BCUT2D eigenvalue weighted by molar-refractivity contribution is 0.666. The Kier molecular flexibility index (Phi) is 3.24. The minimum atomic E-state index is -0.416. The van der Waals surface area contributed by atoms with E-state index in [1.54, 1.807) is 6.92 Å². The van der Waals surface area contributed by atoms with Gasteiger partial charge in [0.25, 0.3) is 0 Å². The average molecular weight is 190 g/mol. The van der Waals surface area contributed by atoms with Gasteiger partial charge in [-0.3, -0.25) is 0 Å². The van der Waals surface area contributed by atoms with Gasteiger partial charge in [0, 0.05) is 23.9 Å². The molecule has 0 fully saturated rings. The van der Waals surface area contributed by atoms with Crippen molar-refractivity contribution in [3.63, 3.8) is 0 Å². The molecule has 0 saturated heterocycles. The third-order valence-corrected chi connectivity index (χ3v) is 1.83. The number of nitrogens with one attached hydrogen (secondary N) is 1. The Morgan fingerprint density at radius 1 is 1.64 bits per heavy atom. The first-order chi connectivity index (χ1) is 6.63. The summed E-state index contributed by atoms with van der Waals surface area (Å²) in [6, 6.07) is 0. The molecule has 14 heavy (non-hydrogen) atoms. The van der Waals surface area contributed by atoms with Gasteiger partial charge < -0.3 is 11.1 Å². The fourth-order valence-corrected chi connectivity index (χ4v) is 1.10. The molecule has 0 aromatic heterocycles. The number of halogens is 1. The van der Waals surface area contributed by atoms with Crippen molar-refractivity contribution in [2.75, 3.05) is 0 Å². The van der Waals surface area contributed by atoms with Gasteiger partial charge in [-0.2, -0.15) is 4.39 Å². The number of nitrogens with two attached hydrogens (primary N) is 1. The van der Waals surface area contributed by atoms with Gasteiger partial charge in [-0.25, -0.2) is 0 Å². The summed E-state index contributed by atoms with van der Waals surface area (Å²) in [4.78, 5) is 0. The van der Waals surface area contributed by atoms with Crippen LogP contribution >= 0.6 is 0 Å². The number of hydrogen-bond donors (Lipinski definition) is 2. The van der Waals surface area contributed by atoms with Gasteiger partial charge in [-0.05, 0) is 30.4 Å². The monoisotopic (exact) mass is 190 g/mol. The fraction of sp³-hybridized carbons (Fsp3) is 0.182. The summed E-state index contributed by atoms with van der Waals surface area (Å²) in [5.41, 5.74) is 12.8. The van der Waals surface area contributed by atoms with Crippen LogP contribution in [0.25, 0.3) is 0 Å². The molecule has 0 atom stereocenters. The lowest BCUT2D eigenvalue weighted by atomic mass is 10.0. The second-order valence-electron chi connectivity index (χ2n) is 2.99. The molecule has 0 aromatic rings. The molecule has 72 valence electrons. The van der Waals surface area contributed by atoms with Crippen molar-refractivity contribution < 1.29 is 4.39 Å². The van der Waals surface area contributed by atoms with E-state index in [9.17, 15) is 4.39 Å². The Bertz CT molecular complexity index is 415. The van der Waals surface area contributed by atoms with Crippen molar-refractivity contribution in [3.05, 3.63) is 46.3 Å². The van der Waals surface area contributed by atoms with Crippen LogP contribution in [0.1, 0.15) is 13.3 Å². The predicted octanol–water partition coefficient (Wildman–Crippen LogP) is 2.36. The summed E-state index contributed by atoms with van der Waals surface area (Å²) in [5.74, 6) is -0.416. The third kappa shape index (κ3) is 2.60. The summed E-state index contributed by atoms with van der Waals surface area (Å²) >= 11 is 0. The second kappa shape index (κ2) is 4.43. The highest BCUT2D eigenvalue weighted by Crippen LogP contribution is 2.19. The molecule has 0 aliphatic heterocycles. The zero-order valence-corrected chi connectivity index (χ0v) is 7.89. The number of allylic oxidation sites excluding steroid dienone is 5. The molecule has 1 aliphatic carbocycles. The van der Waals surface area contributed by atoms with Crippen molar-refractivity contribution in [1.82, 2.24) is 0 Å². The molecule has 1 rings (SSSR count). The molecule has 3 heteroatoms. The van der Waals surface area contributed by atoms with Gasteiger partial charge in [0.15, 0.2) is 5.83 Å². The standard InChI is InChI=1S/C11H11FN2/c1-8-6-10(12)3-2-9(8)7-11(14)4-5-13/h4-6,13H,7,14H2,1H3/b11-4-,13-5?. The van der Waals surface area contributed by atoms with Gasteiger partial charge in [0.05, 0.1) is 0 Å². The normalized spacial score (nSPS) is 15.9. The fourth-order valence-electron chi connectivity index (χ4n) is 1.10. The highest BCUT2D eigenvalue weighted by atomic mass is 19.1. The van der Waals surface area contributed by atoms with Crippen LogP contribution in [0.3, 0.4) is 0 Å². The first-order valence-electron chi connectivity index (χ1n) is 4.17. The summed E-state index contributed by atoms with van der Waals surface area (Å²) in [5, 5.41) is 6.83. The van der Waals surface area contributed by atoms with E-state index in [1.165, 1.54) is 12.2 Å². The van der Waals surface area contributed by atoms with E-state index in [1.807, 2.05) is 0 Å². The zero-order chi connectivity index (χ0) is 10.6. The Morgan fingerprint density at radius 2 is 2.36 bits per heavy atom. The average Bonchev–Trinajstić information content (AvgIpc) is 2.10. The van der Waals surface area contributed by atoms with Crippen molar-refractivity contribution in [2.45, 2.75) is 13.3 Å². The second-order valence-corrected chi connectivity index (χ2v) is 2.99. The largest absolute Gasteiger partial charge is 0.402 e. The molecule has 2 nitrogen and oxygen atoms in total. The predicted molar refractivity (Wildman–Crippen MR) is 54.6 cm³/mol. The Balaban J connectivity index is 2.92. The highest BCUT2D eigenvalue weighted by Gasteiger charge is 2.05. The molecule has 0 saturated carbocycles. The molecule has 0 spiro atoms. The Labute approximate surface area is 82.1 Å². The van der Waals surface area contributed by atoms with Gasteiger partial charge in [0.2, 0.25) is 0 Å². The molecule has 1 aliphatic rings. The number of rotatable bonds is 3. The Morgan fingerprint density at radius 3 is 2.93 bits per heavy atom. The quantitative estimate of drug-likeness (QED) is 0.521. The van der Waals surface area contributed by atoms with E-state index in [4.69, 9.17) is 11.1 Å². The molecule has 0 aromatic carbocycles. The van der Waals surface area contributed by atoms with Gasteiger partial charge in [0.1, 0.15) is 0 Å². The molecular weight excluding hydrogens is 179 g/mol. The third-order valence-electron chi connectivity index (χ3n) is 1.83. The molecule has 0 radical (unpaired) electrons. The first-order valence-corrected chi connectivity index (χ1v) is 4.17. The van der Waals surface area contributed by atoms with Crippen LogP contribution in [-0.2, 0) is 0 Å². The Hall–Kier alpha value is -1.82. The van der Waals surface area contributed by atoms with Crippen LogP contribution in [0.5, 0.6) is 0 Å². The highest BCUT2D eigenvalue weighted by molar-refractivity contribution is 5.68. The van der Waals surface area contributed by atoms with Gasteiger partial charge in [-0.1, -0.05) is 5.73 Å². The molecule has 3 N–H and O–H groups in total. The van der Waals surface area contributed by atoms with Crippen LogP contribution in [0, 0.1) is 5.41 Å². The zero-order valence-electron chi connectivity index (χ0n) is 7.89. The van der Waals surface area contributed by atoms with E-state index < -0.39 is 5.83 Å². The van der Waals surface area contributed by atoms with Crippen LogP contribution in [-0.4, -0.2) is 6.21 Å². The smallest absolute Gasteiger partial charge is 0.173 e. The van der Waals surface area contributed by atoms with Gasteiger partial charge >= 0.3 is 0 Å². The van der Waals surface area contributed by atoms with Gasteiger partial charge in [-0.15, -0.1) is 0 Å². The van der Waals surface area contributed by atoms with Crippen LogP contribution in [0.4, 0.5) is 4.39 Å². The summed E-state index contributed by atoms with van der Waals surface area (Å²) in [7, 11) is 0. The SMILES string of the molecule is CC1=CC(F)=C=C=C1C/C(N)=C/C=N. The lowest BCUT2D eigenvalue weighted by Gasteiger charge is -2.06. The number of hydrogen-bond acceptors (Lipinski definition) is 2. The molecule has 0 bridgehead atoms. The maximum absolute atomic E-state index is 12.7. The van der Waals surface area contributed by atoms with Crippen LogP contribution in [0.15, 0.2) is 46.3 Å². The molecular formula is C11H11FN2. The van der Waals surface area contributed by atoms with E-state index in [0.717, 1.165) is 17.4 Å². The van der Waals surface area contributed by atoms with Crippen molar-refractivity contribution in [2.24, 2.45) is 5.73 Å².